The summed E-state index contributed by atoms with van der Waals surface area (Å²) in [5.74, 6) is 1.83. The molecule has 0 radical (unpaired) electrons. The fourth-order valence-corrected chi connectivity index (χ4v) is 2.23. The van der Waals surface area contributed by atoms with Crippen LogP contribution in [0.2, 0.25) is 0 Å². The number of aliphatic imine (C=N–C) groups is 1. The van der Waals surface area contributed by atoms with Gasteiger partial charge >= 0.3 is 0 Å². The van der Waals surface area contributed by atoms with Crippen molar-refractivity contribution in [3.05, 3.63) is 72.3 Å². The van der Waals surface area contributed by atoms with Gasteiger partial charge in [-0.2, -0.15) is 0 Å². The Hall–Kier alpha value is -2.95. The van der Waals surface area contributed by atoms with E-state index in [1.807, 2.05) is 43.3 Å². The van der Waals surface area contributed by atoms with Crippen molar-refractivity contribution in [2.24, 2.45) is 4.99 Å². The summed E-state index contributed by atoms with van der Waals surface area (Å²) >= 11 is 0. The molecule has 0 aliphatic carbocycles. The predicted octanol–water partition coefficient (Wildman–Crippen LogP) is 3.21. The number of phenolic OH excluding ortho intramolecular Hbond substituents is 1. The van der Waals surface area contributed by atoms with E-state index in [1.54, 1.807) is 18.2 Å². The zero-order valence-corrected chi connectivity index (χ0v) is 14.5. The monoisotopic (exact) mass is 339 g/mol. The van der Waals surface area contributed by atoms with E-state index in [2.05, 4.69) is 22.2 Å². The summed E-state index contributed by atoms with van der Waals surface area (Å²) < 4.78 is 5.68. The number of hydrogen-bond acceptors (Lipinski definition) is 3. The first-order chi connectivity index (χ1) is 12.2. The van der Waals surface area contributed by atoms with Crippen LogP contribution in [-0.2, 0) is 13.1 Å². The highest BCUT2D eigenvalue weighted by Crippen LogP contribution is 2.17. The number of ether oxygens (including phenoxy) is 1. The quantitative estimate of drug-likeness (QED) is 0.392. The van der Waals surface area contributed by atoms with Crippen molar-refractivity contribution in [1.29, 1.82) is 0 Å². The highest BCUT2D eigenvalue weighted by Gasteiger charge is 2.04. The van der Waals surface area contributed by atoms with Gasteiger partial charge in [-0.25, -0.2) is 4.99 Å². The summed E-state index contributed by atoms with van der Waals surface area (Å²) in [5.41, 5.74) is 2.09. The number of nitrogens with one attached hydrogen (secondary N) is 2. The van der Waals surface area contributed by atoms with E-state index in [1.165, 1.54) is 0 Å². The van der Waals surface area contributed by atoms with Crippen LogP contribution in [-0.4, -0.2) is 24.2 Å². The number of para-hydroxylation sites is 1. The van der Waals surface area contributed by atoms with Gasteiger partial charge in [0.1, 0.15) is 18.1 Å². The van der Waals surface area contributed by atoms with Gasteiger partial charge in [0, 0.05) is 18.7 Å². The van der Waals surface area contributed by atoms with E-state index >= 15 is 0 Å². The highest BCUT2D eigenvalue weighted by molar-refractivity contribution is 5.79. The smallest absolute Gasteiger partial charge is 0.191 e. The summed E-state index contributed by atoms with van der Waals surface area (Å²) in [6, 6.07) is 15.0. The third-order valence-electron chi connectivity index (χ3n) is 3.48. The molecular formula is C20H25N3O2. The van der Waals surface area contributed by atoms with Crippen LogP contribution in [0.15, 0.2) is 66.2 Å². The molecule has 0 aliphatic heterocycles. The van der Waals surface area contributed by atoms with Gasteiger partial charge in [0.15, 0.2) is 5.96 Å². The molecule has 0 spiro atoms. The largest absolute Gasteiger partial charge is 0.508 e. The summed E-state index contributed by atoms with van der Waals surface area (Å²) in [6.07, 6.45) is 1.73. The number of rotatable bonds is 8. The third-order valence-corrected chi connectivity index (χ3v) is 3.48. The van der Waals surface area contributed by atoms with Gasteiger partial charge in [0.25, 0.3) is 0 Å². The molecular weight excluding hydrogens is 314 g/mol. The number of nitrogens with zero attached hydrogens (tertiary/aromatic N) is 1. The van der Waals surface area contributed by atoms with Gasteiger partial charge in [-0.1, -0.05) is 43.0 Å². The first-order valence-corrected chi connectivity index (χ1v) is 8.34. The van der Waals surface area contributed by atoms with Crippen LogP contribution in [0.25, 0.3) is 0 Å². The van der Waals surface area contributed by atoms with E-state index in [9.17, 15) is 5.11 Å². The normalized spacial score (nSPS) is 11.0. The zero-order valence-electron chi connectivity index (χ0n) is 14.5. The molecule has 2 aromatic carbocycles. The van der Waals surface area contributed by atoms with Crippen LogP contribution in [0.1, 0.15) is 18.1 Å². The summed E-state index contributed by atoms with van der Waals surface area (Å²) in [6.45, 7) is 8.09. The summed E-state index contributed by atoms with van der Waals surface area (Å²) in [7, 11) is 0. The molecule has 5 heteroatoms. The number of phenols is 1. The first-order valence-electron chi connectivity index (χ1n) is 8.34. The van der Waals surface area contributed by atoms with Gasteiger partial charge in [0.05, 0.1) is 6.54 Å². The molecule has 0 aliphatic rings. The van der Waals surface area contributed by atoms with E-state index < -0.39 is 0 Å². The van der Waals surface area contributed by atoms with Crippen molar-refractivity contribution in [3.8, 4) is 11.5 Å². The SMILES string of the molecule is C=CCOc1ccccc1CNC(=NCc1ccc(O)cc1)NCC. The predicted molar refractivity (Wildman–Crippen MR) is 102 cm³/mol. The van der Waals surface area contributed by atoms with Crippen molar-refractivity contribution in [3.63, 3.8) is 0 Å². The van der Waals surface area contributed by atoms with Crippen LogP contribution >= 0.6 is 0 Å². The van der Waals surface area contributed by atoms with Gasteiger partial charge in [0.2, 0.25) is 0 Å². The molecule has 5 nitrogen and oxygen atoms in total. The van der Waals surface area contributed by atoms with Crippen molar-refractivity contribution >= 4 is 5.96 Å². The molecule has 0 saturated carbocycles. The first kappa shape index (κ1) is 18.4. The topological polar surface area (TPSA) is 65.9 Å². The lowest BCUT2D eigenvalue weighted by molar-refractivity contribution is 0.358. The minimum absolute atomic E-state index is 0.258. The van der Waals surface area contributed by atoms with E-state index in [-0.39, 0.29) is 5.75 Å². The van der Waals surface area contributed by atoms with Gasteiger partial charge in [-0.05, 0) is 30.7 Å². The van der Waals surface area contributed by atoms with Gasteiger partial charge in [-0.3, -0.25) is 0 Å². The third kappa shape index (κ3) is 6.22. The molecule has 0 unspecified atom stereocenters. The fraction of sp³-hybridized carbons (Fsp3) is 0.250. The molecule has 2 rings (SSSR count). The lowest BCUT2D eigenvalue weighted by Crippen LogP contribution is -2.36. The number of guanidine groups is 1. The maximum Gasteiger partial charge on any atom is 0.191 e. The average molecular weight is 339 g/mol. The average Bonchev–Trinajstić information content (AvgIpc) is 2.64. The molecule has 25 heavy (non-hydrogen) atoms. The second kappa shape index (κ2) is 10.0. The zero-order chi connectivity index (χ0) is 17.9. The second-order valence-electron chi connectivity index (χ2n) is 5.42. The molecule has 0 atom stereocenters. The van der Waals surface area contributed by atoms with Gasteiger partial charge < -0.3 is 20.5 Å². The Morgan fingerprint density at radius 3 is 2.64 bits per heavy atom. The maximum absolute atomic E-state index is 9.34. The van der Waals surface area contributed by atoms with Crippen molar-refractivity contribution in [2.75, 3.05) is 13.2 Å². The number of benzene rings is 2. The van der Waals surface area contributed by atoms with E-state index in [0.29, 0.717) is 19.7 Å². The molecule has 0 saturated heterocycles. The molecule has 2 aromatic rings. The second-order valence-corrected chi connectivity index (χ2v) is 5.42. The Kier molecular flexibility index (Phi) is 7.38. The molecule has 0 bridgehead atoms. The summed E-state index contributed by atoms with van der Waals surface area (Å²) in [5, 5.41) is 15.9. The van der Waals surface area contributed by atoms with Crippen LogP contribution in [0, 0.1) is 0 Å². The molecule has 0 fully saturated rings. The molecule has 132 valence electrons. The van der Waals surface area contributed by atoms with Crippen LogP contribution in [0.4, 0.5) is 0 Å². The Morgan fingerprint density at radius 1 is 1.16 bits per heavy atom. The van der Waals surface area contributed by atoms with Crippen LogP contribution in [0.5, 0.6) is 11.5 Å². The Labute approximate surface area is 149 Å². The number of aromatic hydroxyl groups is 1. The number of hydrogen-bond donors (Lipinski definition) is 3. The lowest BCUT2D eigenvalue weighted by Gasteiger charge is -2.14. The minimum atomic E-state index is 0.258. The molecule has 0 aromatic heterocycles. The van der Waals surface area contributed by atoms with Gasteiger partial charge in [-0.15, -0.1) is 0 Å². The minimum Gasteiger partial charge on any atom is -0.508 e. The van der Waals surface area contributed by atoms with Crippen molar-refractivity contribution < 1.29 is 9.84 Å². The van der Waals surface area contributed by atoms with Crippen LogP contribution in [0.3, 0.4) is 0 Å². The lowest BCUT2D eigenvalue weighted by atomic mass is 10.2. The standard InChI is InChI=1S/C20H25N3O2/c1-3-13-25-19-8-6-5-7-17(19)15-23-20(21-4-2)22-14-16-9-11-18(24)12-10-16/h3,5-12,24H,1,4,13-15H2,2H3,(H2,21,22,23). The summed E-state index contributed by atoms with van der Waals surface area (Å²) in [4.78, 5) is 4.58. The highest BCUT2D eigenvalue weighted by atomic mass is 16.5. The Bertz CT molecular complexity index is 696. The Balaban J connectivity index is 2.00. The maximum atomic E-state index is 9.34. The van der Waals surface area contributed by atoms with E-state index in [0.717, 1.165) is 29.4 Å². The van der Waals surface area contributed by atoms with Crippen molar-refractivity contribution in [1.82, 2.24) is 10.6 Å². The van der Waals surface area contributed by atoms with E-state index in [4.69, 9.17) is 4.74 Å². The fourth-order valence-electron chi connectivity index (χ4n) is 2.23. The van der Waals surface area contributed by atoms with Crippen molar-refractivity contribution in [2.45, 2.75) is 20.0 Å². The molecule has 0 heterocycles. The Morgan fingerprint density at radius 2 is 1.92 bits per heavy atom. The van der Waals surface area contributed by atoms with Crippen LogP contribution < -0.4 is 15.4 Å². The molecule has 0 amide bonds. The molecule has 3 N–H and O–H groups in total.